The Hall–Kier alpha value is -2.63. The van der Waals surface area contributed by atoms with Crippen molar-refractivity contribution in [2.45, 2.75) is 13.0 Å². The number of rotatable bonds is 4. The lowest BCUT2D eigenvalue weighted by molar-refractivity contribution is -0.128. The Morgan fingerprint density at radius 1 is 1.32 bits per heavy atom. The number of aryl methyl sites for hydroxylation is 1. The van der Waals surface area contributed by atoms with Crippen molar-refractivity contribution in [1.29, 1.82) is 0 Å². The number of likely N-dealkylation sites (tertiary alicyclic amines) is 1. The van der Waals surface area contributed by atoms with Crippen LogP contribution in [0.1, 0.15) is 12.0 Å². The third-order valence-electron chi connectivity index (χ3n) is 3.77. The number of aromatic nitrogens is 2. The molecule has 2 amide bonds. The quantitative estimate of drug-likeness (QED) is 0.928. The zero-order chi connectivity index (χ0) is 15.5. The molecule has 22 heavy (non-hydrogen) atoms. The third-order valence-corrected chi connectivity index (χ3v) is 3.77. The Morgan fingerprint density at radius 2 is 2.09 bits per heavy atom. The van der Waals surface area contributed by atoms with Crippen molar-refractivity contribution in [2.75, 3.05) is 11.9 Å². The molecule has 1 aliphatic rings. The number of benzene rings is 1. The molecule has 0 saturated carbocycles. The van der Waals surface area contributed by atoms with E-state index in [1.165, 1.54) is 0 Å². The predicted octanol–water partition coefficient (Wildman–Crippen LogP) is 1.41. The lowest BCUT2D eigenvalue weighted by Crippen LogP contribution is -2.28. The van der Waals surface area contributed by atoms with Crippen LogP contribution in [0.5, 0.6) is 0 Å². The largest absolute Gasteiger partial charge is 0.338 e. The zero-order valence-corrected chi connectivity index (χ0v) is 12.4. The fourth-order valence-corrected chi connectivity index (χ4v) is 2.61. The highest BCUT2D eigenvalue weighted by atomic mass is 16.2. The van der Waals surface area contributed by atoms with E-state index in [0.29, 0.717) is 18.9 Å². The Morgan fingerprint density at radius 3 is 2.77 bits per heavy atom. The smallest absolute Gasteiger partial charge is 0.230 e. The molecule has 2 aromatic rings. The molecular weight excluding hydrogens is 280 g/mol. The summed E-state index contributed by atoms with van der Waals surface area (Å²) in [5.41, 5.74) is 1.07. The van der Waals surface area contributed by atoms with Gasteiger partial charge in [-0.25, -0.2) is 0 Å². The molecule has 1 saturated heterocycles. The van der Waals surface area contributed by atoms with Crippen molar-refractivity contribution in [2.24, 2.45) is 13.0 Å². The number of hydrogen-bond donors (Lipinski definition) is 1. The van der Waals surface area contributed by atoms with Crippen LogP contribution in [-0.4, -0.2) is 33.0 Å². The molecule has 2 heterocycles. The van der Waals surface area contributed by atoms with Gasteiger partial charge in [0, 0.05) is 38.8 Å². The molecule has 1 atom stereocenters. The molecule has 1 fully saturated rings. The van der Waals surface area contributed by atoms with Crippen LogP contribution in [0.4, 0.5) is 5.82 Å². The summed E-state index contributed by atoms with van der Waals surface area (Å²) in [5, 5.41) is 6.87. The van der Waals surface area contributed by atoms with Crippen LogP contribution in [0.15, 0.2) is 42.6 Å². The van der Waals surface area contributed by atoms with Gasteiger partial charge < -0.3 is 10.2 Å². The number of hydrogen-bond acceptors (Lipinski definition) is 3. The van der Waals surface area contributed by atoms with E-state index in [0.717, 1.165) is 5.56 Å². The number of nitrogens with one attached hydrogen (secondary N) is 1. The minimum absolute atomic E-state index is 0.0185. The van der Waals surface area contributed by atoms with E-state index in [1.807, 2.05) is 30.3 Å². The fourth-order valence-electron chi connectivity index (χ4n) is 2.61. The average Bonchev–Trinajstić information content (AvgIpc) is 3.07. The summed E-state index contributed by atoms with van der Waals surface area (Å²) >= 11 is 0. The average molecular weight is 298 g/mol. The summed E-state index contributed by atoms with van der Waals surface area (Å²) < 4.78 is 1.62. The molecule has 1 N–H and O–H groups in total. The van der Waals surface area contributed by atoms with Crippen LogP contribution in [0.25, 0.3) is 0 Å². The highest BCUT2D eigenvalue weighted by Gasteiger charge is 2.34. The maximum Gasteiger partial charge on any atom is 0.230 e. The summed E-state index contributed by atoms with van der Waals surface area (Å²) in [5.74, 6) is 0.0623. The van der Waals surface area contributed by atoms with E-state index >= 15 is 0 Å². The molecule has 0 spiro atoms. The number of anilines is 1. The number of amides is 2. The zero-order valence-electron chi connectivity index (χ0n) is 12.4. The number of carbonyl (C=O) groups excluding carboxylic acids is 2. The molecule has 6 heteroatoms. The SMILES string of the molecule is Cn1ccc(NC(=O)C2CC(=O)N(Cc3ccccc3)C2)n1. The minimum atomic E-state index is -0.321. The van der Waals surface area contributed by atoms with Gasteiger partial charge in [-0.15, -0.1) is 0 Å². The molecule has 1 unspecified atom stereocenters. The lowest BCUT2D eigenvalue weighted by atomic mass is 10.1. The summed E-state index contributed by atoms with van der Waals surface area (Å²) in [7, 11) is 1.79. The lowest BCUT2D eigenvalue weighted by Gasteiger charge is -2.16. The van der Waals surface area contributed by atoms with Crippen LogP contribution >= 0.6 is 0 Å². The molecular formula is C16H18N4O2. The van der Waals surface area contributed by atoms with Gasteiger partial charge in [-0.05, 0) is 5.56 Å². The molecule has 1 aromatic heterocycles. The van der Waals surface area contributed by atoms with Gasteiger partial charge in [-0.1, -0.05) is 30.3 Å². The highest BCUT2D eigenvalue weighted by Crippen LogP contribution is 2.21. The summed E-state index contributed by atoms with van der Waals surface area (Å²) in [6, 6.07) is 11.5. The second-order valence-electron chi connectivity index (χ2n) is 5.52. The second-order valence-corrected chi connectivity index (χ2v) is 5.52. The van der Waals surface area contributed by atoms with Crippen LogP contribution < -0.4 is 5.32 Å². The van der Waals surface area contributed by atoms with Gasteiger partial charge in [-0.2, -0.15) is 5.10 Å². The van der Waals surface area contributed by atoms with Crippen LogP contribution in [0, 0.1) is 5.92 Å². The van der Waals surface area contributed by atoms with Crippen molar-refractivity contribution in [1.82, 2.24) is 14.7 Å². The van der Waals surface area contributed by atoms with E-state index in [2.05, 4.69) is 10.4 Å². The van der Waals surface area contributed by atoms with E-state index in [-0.39, 0.29) is 24.2 Å². The maximum atomic E-state index is 12.2. The molecule has 1 aliphatic heterocycles. The van der Waals surface area contributed by atoms with Crippen LogP contribution in [0.3, 0.4) is 0 Å². The first-order valence-corrected chi connectivity index (χ1v) is 7.24. The molecule has 3 rings (SSSR count). The fraction of sp³-hybridized carbons (Fsp3) is 0.312. The van der Waals surface area contributed by atoms with Gasteiger partial charge >= 0.3 is 0 Å². The first-order chi connectivity index (χ1) is 10.6. The second kappa shape index (κ2) is 6.01. The Balaban J connectivity index is 1.60. The van der Waals surface area contributed by atoms with Gasteiger partial charge in [0.2, 0.25) is 11.8 Å². The Bertz CT molecular complexity index is 680. The van der Waals surface area contributed by atoms with Crippen LogP contribution in [-0.2, 0) is 23.2 Å². The third kappa shape index (κ3) is 3.16. The first-order valence-electron chi connectivity index (χ1n) is 7.24. The van der Waals surface area contributed by atoms with E-state index in [4.69, 9.17) is 0 Å². The predicted molar refractivity (Wildman–Crippen MR) is 81.8 cm³/mol. The number of nitrogens with zero attached hydrogens (tertiary/aromatic N) is 3. The van der Waals surface area contributed by atoms with Crippen molar-refractivity contribution in [3.63, 3.8) is 0 Å². The van der Waals surface area contributed by atoms with Gasteiger partial charge in [0.1, 0.15) is 0 Å². The minimum Gasteiger partial charge on any atom is -0.338 e. The molecule has 6 nitrogen and oxygen atoms in total. The summed E-state index contributed by atoms with van der Waals surface area (Å²) in [6.07, 6.45) is 2.02. The molecule has 0 aliphatic carbocycles. The Labute approximate surface area is 128 Å². The summed E-state index contributed by atoms with van der Waals surface area (Å²) in [6.45, 7) is 0.999. The molecule has 1 aromatic carbocycles. The molecule has 0 bridgehead atoms. The first kappa shape index (κ1) is 14.3. The van der Waals surface area contributed by atoms with E-state index in [9.17, 15) is 9.59 Å². The van der Waals surface area contributed by atoms with Gasteiger partial charge in [0.15, 0.2) is 5.82 Å². The topological polar surface area (TPSA) is 67.2 Å². The van der Waals surface area contributed by atoms with E-state index < -0.39 is 0 Å². The van der Waals surface area contributed by atoms with Crippen molar-refractivity contribution < 1.29 is 9.59 Å². The standard InChI is InChI=1S/C16H18N4O2/c1-19-8-7-14(18-19)17-16(22)13-9-15(21)20(11-13)10-12-5-3-2-4-6-12/h2-8,13H,9-11H2,1H3,(H,17,18,22). The highest BCUT2D eigenvalue weighted by molar-refractivity contribution is 5.96. The normalized spacial score (nSPS) is 17.8. The Kier molecular flexibility index (Phi) is 3.91. The van der Waals surface area contributed by atoms with Gasteiger partial charge in [0.05, 0.1) is 5.92 Å². The van der Waals surface area contributed by atoms with Gasteiger partial charge in [-0.3, -0.25) is 14.3 Å². The molecule has 0 radical (unpaired) electrons. The summed E-state index contributed by atoms with van der Waals surface area (Å²) in [4.78, 5) is 26.0. The van der Waals surface area contributed by atoms with Gasteiger partial charge in [0.25, 0.3) is 0 Å². The van der Waals surface area contributed by atoms with Crippen molar-refractivity contribution in [3.05, 3.63) is 48.2 Å². The van der Waals surface area contributed by atoms with Crippen LogP contribution in [0.2, 0.25) is 0 Å². The maximum absolute atomic E-state index is 12.2. The van der Waals surface area contributed by atoms with Crippen molar-refractivity contribution in [3.8, 4) is 0 Å². The monoisotopic (exact) mass is 298 g/mol. The van der Waals surface area contributed by atoms with Crippen molar-refractivity contribution >= 4 is 17.6 Å². The van der Waals surface area contributed by atoms with E-state index in [1.54, 1.807) is 28.9 Å². The molecule has 114 valence electrons. The number of carbonyl (C=O) groups is 2.